The van der Waals surface area contributed by atoms with Gasteiger partial charge >= 0.3 is 10.1 Å². The second-order valence-corrected chi connectivity index (χ2v) is 10.4. The number of benzene rings is 3. The van der Waals surface area contributed by atoms with Gasteiger partial charge in [-0.2, -0.15) is 8.42 Å². The number of carbonyl (C=O) groups is 1. The van der Waals surface area contributed by atoms with E-state index in [4.69, 9.17) is 27.4 Å². The Morgan fingerprint density at radius 3 is 2.27 bits per heavy atom. The standard InChI is InChI=1S/C23H16Cl2N2O4S2/c1-14-7-9-17(10-8-14)33(29,30)31-21-18(24)11-15(12-19(21)25)13-20-22(28)27-23(32-20)26-16-5-3-2-4-6-16/h2-13H,1H3,(H,26,27,28)/b20-13-. The highest BCUT2D eigenvalue weighted by molar-refractivity contribution is 8.18. The summed E-state index contributed by atoms with van der Waals surface area (Å²) < 4.78 is 30.4. The first-order chi connectivity index (χ1) is 15.7. The monoisotopic (exact) mass is 518 g/mol. The summed E-state index contributed by atoms with van der Waals surface area (Å²) in [6.07, 6.45) is 1.59. The fourth-order valence-electron chi connectivity index (χ4n) is 2.86. The highest BCUT2D eigenvalue weighted by Gasteiger charge is 2.25. The third kappa shape index (κ3) is 5.59. The molecule has 3 aromatic carbocycles. The lowest BCUT2D eigenvalue weighted by atomic mass is 10.2. The number of rotatable bonds is 5. The van der Waals surface area contributed by atoms with Crippen molar-refractivity contribution >= 4 is 67.9 Å². The summed E-state index contributed by atoms with van der Waals surface area (Å²) in [4.78, 5) is 17.1. The van der Waals surface area contributed by atoms with E-state index in [1.54, 1.807) is 18.2 Å². The summed E-state index contributed by atoms with van der Waals surface area (Å²) in [5, 5.41) is 3.13. The van der Waals surface area contributed by atoms with Gasteiger partial charge in [0.15, 0.2) is 10.9 Å². The molecule has 1 aliphatic heterocycles. The number of hydrogen-bond acceptors (Lipinski definition) is 6. The lowest BCUT2D eigenvalue weighted by Crippen LogP contribution is -2.19. The molecule has 0 aromatic heterocycles. The second-order valence-electron chi connectivity index (χ2n) is 6.98. The lowest BCUT2D eigenvalue weighted by Gasteiger charge is -2.11. The van der Waals surface area contributed by atoms with Crippen molar-refractivity contribution in [2.45, 2.75) is 11.8 Å². The minimum atomic E-state index is -4.12. The first-order valence-electron chi connectivity index (χ1n) is 9.56. The molecule has 1 N–H and O–H groups in total. The largest absolute Gasteiger partial charge is 0.376 e. The summed E-state index contributed by atoms with van der Waals surface area (Å²) in [5.41, 5.74) is 2.13. The summed E-state index contributed by atoms with van der Waals surface area (Å²) in [6, 6.07) is 18.4. The molecule has 168 valence electrons. The number of para-hydroxylation sites is 1. The van der Waals surface area contributed by atoms with Crippen LogP contribution in [0.2, 0.25) is 10.0 Å². The number of aryl methyl sites for hydroxylation is 1. The molecule has 1 fully saturated rings. The molecule has 0 unspecified atom stereocenters. The maximum absolute atomic E-state index is 12.6. The van der Waals surface area contributed by atoms with Gasteiger partial charge in [0.25, 0.3) is 5.91 Å². The van der Waals surface area contributed by atoms with Gasteiger partial charge in [-0.1, -0.05) is 59.1 Å². The van der Waals surface area contributed by atoms with E-state index in [2.05, 4.69) is 10.3 Å². The van der Waals surface area contributed by atoms with Gasteiger partial charge in [-0.3, -0.25) is 4.79 Å². The minimum absolute atomic E-state index is 0.00776. The van der Waals surface area contributed by atoms with Crippen LogP contribution in [0.25, 0.3) is 6.08 Å². The predicted molar refractivity (Wildman–Crippen MR) is 133 cm³/mol. The Labute approximate surface area is 205 Å². The average molecular weight is 519 g/mol. The van der Waals surface area contributed by atoms with Gasteiger partial charge in [0.05, 0.1) is 20.6 Å². The molecule has 1 aliphatic rings. The number of amides is 1. The van der Waals surface area contributed by atoms with Gasteiger partial charge in [0.1, 0.15) is 4.90 Å². The van der Waals surface area contributed by atoms with Gasteiger partial charge in [-0.15, -0.1) is 0 Å². The van der Waals surface area contributed by atoms with Crippen LogP contribution in [-0.2, 0) is 14.9 Å². The number of hydrogen-bond donors (Lipinski definition) is 1. The van der Waals surface area contributed by atoms with Crippen molar-refractivity contribution in [1.29, 1.82) is 0 Å². The SMILES string of the molecule is Cc1ccc(S(=O)(=O)Oc2c(Cl)cc(/C=C3\SC(=Nc4ccccc4)NC3=O)cc2Cl)cc1. The highest BCUT2D eigenvalue weighted by atomic mass is 35.5. The molecule has 33 heavy (non-hydrogen) atoms. The summed E-state index contributed by atoms with van der Waals surface area (Å²) in [5.74, 6) is -0.500. The lowest BCUT2D eigenvalue weighted by molar-refractivity contribution is -0.115. The minimum Gasteiger partial charge on any atom is -0.376 e. The van der Waals surface area contributed by atoms with Crippen LogP contribution in [0.3, 0.4) is 0 Å². The molecule has 1 saturated heterocycles. The van der Waals surface area contributed by atoms with Crippen molar-refractivity contribution in [3.63, 3.8) is 0 Å². The fraction of sp³-hybridized carbons (Fsp3) is 0.0435. The molecule has 0 radical (unpaired) electrons. The Morgan fingerprint density at radius 1 is 1.00 bits per heavy atom. The van der Waals surface area contributed by atoms with Crippen LogP contribution in [0.5, 0.6) is 5.75 Å². The van der Waals surface area contributed by atoms with E-state index in [1.807, 2.05) is 37.3 Å². The molecule has 0 saturated carbocycles. The third-order valence-electron chi connectivity index (χ3n) is 4.46. The highest BCUT2D eigenvalue weighted by Crippen LogP contribution is 2.38. The van der Waals surface area contributed by atoms with Gasteiger partial charge < -0.3 is 9.50 Å². The third-order valence-corrected chi connectivity index (χ3v) is 7.17. The molecule has 0 atom stereocenters. The van der Waals surface area contributed by atoms with Crippen LogP contribution in [0.15, 0.2) is 81.5 Å². The van der Waals surface area contributed by atoms with E-state index in [-0.39, 0.29) is 26.6 Å². The second kappa shape index (κ2) is 9.61. The van der Waals surface area contributed by atoms with Crippen molar-refractivity contribution in [2.24, 2.45) is 4.99 Å². The van der Waals surface area contributed by atoms with E-state index in [9.17, 15) is 13.2 Å². The normalized spacial score (nSPS) is 16.3. The van der Waals surface area contributed by atoms with Crippen LogP contribution in [-0.4, -0.2) is 19.5 Å². The number of thioether (sulfide) groups is 1. The van der Waals surface area contributed by atoms with E-state index >= 15 is 0 Å². The van der Waals surface area contributed by atoms with Crippen molar-refractivity contribution in [1.82, 2.24) is 5.32 Å². The Hall–Kier alpha value is -2.78. The van der Waals surface area contributed by atoms with Crippen molar-refractivity contribution in [2.75, 3.05) is 0 Å². The van der Waals surface area contributed by atoms with Crippen LogP contribution >= 0.6 is 35.0 Å². The van der Waals surface area contributed by atoms with Crippen LogP contribution in [0, 0.1) is 6.92 Å². The van der Waals surface area contributed by atoms with Crippen molar-refractivity contribution < 1.29 is 17.4 Å². The first-order valence-corrected chi connectivity index (χ1v) is 12.5. The van der Waals surface area contributed by atoms with E-state index < -0.39 is 10.1 Å². The Morgan fingerprint density at radius 2 is 1.64 bits per heavy atom. The zero-order valence-corrected chi connectivity index (χ0v) is 20.2. The predicted octanol–water partition coefficient (Wildman–Crippen LogP) is 5.96. The smallest absolute Gasteiger partial charge is 0.339 e. The Bertz CT molecular complexity index is 1360. The number of nitrogens with one attached hydrogen (secondary N) is 1. The number of nitrogens with zero attached hydrogens (tertiary/aromatic N) is 1. The zero-order valence-electron chi connectivity index (χ0n) is 17.1. The summed E-state index contributed by atoms with van der Waals surface area (Å²) >= 11 is 13.7. The van der Waals surface area contributed by atoms with Gasteiger partial charge in [0.2, 0.25) is 0 Å². The van der Waals surface area contributed by atoms with Crippen molar-refractivity contribution in [3.8, 4) is 5.75 Å². The number of carbonyl (C=O) groups excluding carboxylic acids is 1. The molecule has 6 nitrogen and oxygen atoms in total. The number of halogens is 2. The Kier molecular flexibility index (Phi) is 6.81. The fourth-order valence-corrected chi connectivity index (χ4v) is 5.34. The molecular formula is C23H16Cl2N2O4S2. The maximum Gasteiger partial charge on any atom is 0.339 e. The number of amidine groups is 1. The molecule has 1 amide bonds. The van der Waals surface area contributed by atoms with Crippen LogP contribution in [0.4, 0.5) is 5.69 Å². The molecule has 1 heterocycles. The van der Waals surface area contributed by atoms with Gasteiger partial charge in [0, 0.05) is 0 Å². The molecule has 3 aromatic rings. The first kappa shape index (κ1) is 23.4. The van der Waals surface area contributed by atoms with Gasteiger partial charge in [-0.25, -0.2) is 4.99 Å². The van der Waals surface area contributed by atoms with E-state index in [0.717, 1.165) is 5.56 Å². The molecule has 4 rings (SSSR count). The van der Waals surface area contributed by atoms with Crippen LogP contribution < -0.4 is 9.50 Å². The van der Waals surface area contributed by atoms with Gasteiger partial charge in [-0.05, 0) is 66.7 Å². The quantitative estimate of drug-likeness (QED) is 0.332. The van der Waals surface area contributed by atoms with Crippen LogP contribution in [0.1, 0.15) is 11.1 Å². The number of aliphatic imine (C=N–C) groups is 1. The maximum atomic E-state index is 12.6. The average Bonchev–Trinajstić information content (AvgIpc) is 3.10. The van der Waals surface area contributed by atoms with E-state index in [0.29, 0.717) is 21.3 Å². The molecular weight excluding hydrogens is 503 g/mol. The summed E-state index contributed by atoms with van der Waals surface area (Å²) in [7, 11) is -4.12. The molecule has 0 bridgehead atoms. The Balaban J connectivity index is 1.57. The summed E-state index contributed by atoms with van der Waals surface area (Å²) in [6.45, 7) is 1.84. The molecule has 10 heteroatoms. The molecule has 0 spiro atoms. The molecule has 0 aliphatic carbocycles. The van der Waals surface area contributed by atoms with Crippen molar-refractivity contribution in [3.05, 3.63) is 92.8 Å². The van der Waals surface area contributed by atoms with E-state index in [1.165, 1.54) is 36.0 Å². The zero-order chi connectivity index (χ0) is 23.6. The topological polar surface area (TPSA) is 84.8 Å².